The molecule has 100 valence electrons. The maximum absolute atomic E-state index is 12.2. The van der Waals surface area contributed by atoms with Crippen molar-refractivity contribution in [2.75, 3.05) is 5.32 Å². The maximum Gasteiger partial charge on any atom is 0.451 e. The second-order valence-electron chi connectivity index (χ2n) is 3.33. The minimum Gasteiger partial charge on any atom is -0.289 e. The Morgan fingerprint density at radius 2 is 2.11 bits per heavy atom. The molecule has 0 saturated heterocycles. The summed E-state index contributed by atoms with van der Waals surface area (Å²) in [6, 6.07) is 2.73. The summed E-state index contributed by atoms with van der Waals surface area (Å²) in [5.74, 6) is -2.47. The number of aromatic amines is 1. The molecule has 0 aliphatic heterocycles. The van der Waals surface area contributed by atoms with Gasteiger partial charge in [-0.2, -0.15) is 18.2 Å². The third-order valence-electron chi connectivity index (χ3n) is 1.97. The molecule has 0 spiro atoms. The molecule has 0 aliphatic rings. The number of hydrogen-bond donors (Lipinski definition) is 2. The molecular weight excluding hydrogens is 287 g/mol. The van der Waals surface area contributed by atoms with Gasteiger partial charge in [-0.05, 0) is 12.1 Å². The molecule has 0 aliphatic carbocycles. The average molecular weight is 292 g/mol. The molecule has 0 radical (unpaired) electrons. The van der Waals surface area contributed by atoms with Gasteiger partial charge in [-0.3, -0.25) is 15.2 Å². The van der Waals surface area contributed by atoms with E-state index >= 15 is 0 Å². The molecule has 0 atom stereocenters. The van der Waals surface area contributed by atoms with Crippen LogP contribution in [0, 0.1) is 0 Å². The first-order valence-electron chi connectivity index (χ1n) is 4.79. The Bertz CT molecular complexity index is 595. The van der Waals surface area contributed by atoms with Gasteiger partial charge in [-0.1, -0.05) is 11.6 Å². The molecule has 0 bridgehead atoms. The van der Waals surface area contributed by atoms with Crippen LogP contribution in [0.5, 0.6) is 0 Å². The van der Waals surface area contributed by atoms with Crippen LogP contribution in [0.4, 0.5) is 19.1 Å². The number of alkyl halides is 3. The summed E-state index contributed by atoms with van der Waals surface area (Å²) in [6.45, 7) is 0. The zero-order chi connectivity index (χ0) is 14.0. The molecule has 0 saturated carbocycles. The minimum absolute atomic E-state index is 0.114. The van der Waals surface area contributed by atoms with E-state index in [2.05, 4.69) is 20.4 Å². The Labute approximate surface area is 109 Å². The number of anilines is 1. The lowest BCUT2D eigenvalue weighted by Gasteiger charge is -2.00. The van der Waals surface area contributed by atoms with E-state index in [1.54, 1.807) is 5.10 Å². The van der Waals surface area contributed by atoms with Gasteiger partial charge in [-0.25, -0.2) is 4.98 Å². The Morgan fingerprint density at radius 3 is 2.63 bits per heavy atom. The second kappa shape index (κ2) is 4.84. The standard InChI is InChI=1S/C9H5ClF3N5O/c10-5-2-1-4(3-14-5)6(19)15-8-16-7(17-18-8)9(11,12)13/h1-3H,(H2,15,16,17,18,19). The van der Waals surface area contributed by atoms with Gasteiger partial charge in [-0.15, -0.1) is 5.10 Å². The zero-order valence-corrected chi connectivity index (χ0v) is 9.75. The third-order valence-corrected chi connectivity index (χ3v) is 2.19. The lowest BCUT2D eigenvalue weighted by Crippen LogP contribution is -2.13. The van der Waals surface area contributed by atoms with Crippen LogP contribution in [0.25, 0.3) is 0 Å². The summed E-state index contributed by atoms with van der Waals surface area (Å²) < 4.78 is 36.7. The zero-order valence-electron chi connectivity index (χ0n) is 8.99. The van der Waals surface area contributed by atoms with E-state index in [0.717, 1.165) is 0 Å². The van der Waals surface area contributed by atoms with Gasteiger partial charge in [0.2, 0.25) is 11.8 Å². The highest BCUT2D eigenvalue weighted by Crippen LogP contribution is 2.26. The topological polar surface area (TPSA) is 83.6 Å². The monoisotopic (exact) mass is 291 g/mol. The molecule has 10 heteroatoms. The van der Waals surface area contributed by atoms with Crippen LogP contribution >= 0.6 is 11.6 Å². The number of amides is 1. The Kier molecular flexibility index (Phi) is 3.38. The molecule has 6 nitrogen and oxygen atoms in total. The fourth-order valence-electron chi connectivity index (χ4n) is 1.13. The SMILES string of the molecule is O=C(Nc1n[nH]c(C(F)(F)F)n1)c1ccc(Cl)nc1. The molecule has 1 amide bonds. The van der Waals surface area contributed by atoms with E-state index in [0.29, 0.717) is 0 Å². The van der Waals surface area contributed by atoms with E-state index in [4.69, 9.17) is 11.6 Å². The summed E-state index contributed by atoms with van der Waals surface area (Å²) in [4.78, 5) is 18.4. The van der Waals surface area contributed by atoms with Crippen molar-refractivity contribution in [2.24, 2.45) is 0 Å². The van der Waals surface area contributed by atoms with Crippen molar-refractivity contribution in [2.45, 2.75) is 6.18 Å². The summed E-state index contributed by atoms with van der Waals surface area (Å²) in [6.07, 6.45) is -3.48. The highest BCUT2D eigenvalue weighted by molar-refractivity contribution is 6.29. The first-order valence-corrected chi connectivity index (χ1v) is 5.16. The lowest BCUT2D eigenvalue weighted by atomic mass is 10.3. The van der Waals surface area contributed by atoms with Crippen molar-refractivity contribution < 1.29 is 18.0 Å². The molecule has 0 aromatic carbocycles. The summed E-state index contributed by atoms with van der Waals surface area (Å²) in [5.41, 5.74) is 0.114. The number of carbonyl (C=O) groups excluding carboxylic acids is 1. The molecule has 2 heterocycles. The van der Waals surface area contributed by atoms with Crippen molar-refractivity contribution in [3.05, 3.63) is 34.9 Å². The molecule has 2 aromatic heterocycles. The van der Waals surface area contributed by atoms with Gasteiger partial charge < -0.3 is 0 Å². The fraction of sp³-hybridized carbons (Fsp3) is 0.111. The van der Waals surface area contributed by atoms with Crippen LogP contribution < -0.4 is 5.32 Å². The smallest absolute Gasteiger partial charge is 0.289 e. The van der Waals surface area contributed by atoms with Crippen molar-refractivity contribution in [3.63, 3.8) is 0 Å². The maximum atomic E-state index is 12.2. The van der Waals surface area contributed by atoms with Crippen molar-refractivity contribution >= 4 is 23.5 Å². The van der Waals surface area contributed by atoms with Crippen LogP contribution in [0.2, 0.25) is 5.15 Å². The molecule has 2 N–H and O–H groups in total. The van der Waals surface area contributed by atoms with Gasteiger partial charge in [0.15, 0.2) is 0 Å². The lowest BCUT2D eigenvalue weighted by molar-refractivity contribution is -0.144. The van der Waals surface area contributed by atoms with Crippen molar-refractivity contribution in [1.29, 1.82) is 0 Å². The quantitative estimate of drug-likeness (QED) is 0.830. The number of halogens is 4. The van der Waals surface area contributed by atoms with E-state index in [1.165, 1.54) is 18.3 Å². The number of aromatic nitrogens is 4. The first-order chi connectivity index (χ1) is 8.86. The number of H-pyrrole nitrogens is 1. The second-order valence-corrected chi connectivity index (χ2v) is 3.72. The number of nitrogens with zero attached hydrogens (tertiary/aromatic N) is 3. The first kappa shape index (κ1) is 13.3. The van der Waals surface area contributed by atoms with Gasteiger partial charge >= 0.3 is 6.18 Å². The van der Waals surface area contributed by atoms with Crippen molar-refractivity contribution in [3.8, 4) is 0 Å². The average Bonchev–Trinajstić information content (AvgIpc) is 2.78. The normalized spacial score (nSPS) is 11.4. The Balaban J connectivity index is 2.11. The largest absolute Gasteiger partial charge is 0.451 e. The number of carbonyl (C=O) groups is 1. The Hall–Kier alpha value is -2.16. The highest BCUT2D eigenvalue weighted by atomic mass is 35.5. The molecule has 2 aromatic rings. The number of nitrogens with one attached hydrogen (secondary N) is 2. The van der Waals surface area contributed by atoms with E-state index in [-0.39, 0.29) is 10.7 Å². The molecule has 19 heavy (non-hydrogen) atoms. The van der Waals surface area contributed by atoms with Gasteiger partial charge in [0.25, 0.3) is 5.91 Å². The summed E-state index contributed by atoms with van der Waals surface area (Å²) in [5, 5.41) is 7.19. The molecule has 2 rings (SSSR count). The highest BCUT2D eigenvalue weighted by Gasteiger charge is 2.35. The fourth-order valence-corrected chi connectivity index (χ4v) is 1.24. The van der Waals surface area contributed by atoms with Crippen LogP contribution in [0.1, 0.15) is 16.2 Å². The van der Waals surface area contributed by atoms with E-state index in [9.17, 15) is 18.0 Å². The van der Waals surface area contributed by atoms with Gasteiger partial charge in [0.05, 0.1) is 5.56 Å². The summed E-state index contributed by atoms with van der Waals surface area (Å²) in [7, 11) is 0. The Morgan fingerprint density at radius 1 is 1.37 bits per heavy atom. The number of rotatable bonds is 2. The van der Waals surface area contributed by atoms with Gasteiger partial charge in [0.1, 0.15) is 5.15 Å². The predicted octanol–water partition coefficient (Wildman–Crippen LogP) is 2.12. The predicted molar refractivity (Wildman–Crippen MR) is 58.6 cm³/mol. The van der Waals surface area contributed by atoms with E-state index in [1.807, 2.05) is 0 Å². The number of hydrogen-bond acceptors (Lipinski definition) is 4. The molecular formula is C9H5ClF3N5O. The van der Waals surface area contributed by atoms with Crippen LogP contribution in [-0.2, 0) is 6.18 Å². The summed E-state index contributed by atoms with van der Waals surface area (Å²) >= 11 is 5.53. The van der Waals surface area contributed by atoms with Crippen LogP contribution in [0.3, 0.4) is 0 Å². The van der Waals surface area contributed by atoms with Gasteiger partial charge in [0, 0.05) is 6.20 Å². The van der Waals surface area contributed by atoms with E-state index < -0.39 is 23.9 Å². The minimum atomic E-state index is -4.65. The third kappa shape index (κ3) is 3.19. The van der Waals surface area contributed by atoms with Crippen LogP contribution in [-0.4, -0.2) is 26.1 Å². The van der Waals surface area contributed by atoms with Crippen molar-refractivity contribution in [1.82, 2.24) is 20.2 Å². The van der Waals surface area contributed by atoms with Crippen LogP contribution in [0.15, 0.2) is 18.3 Å². The molecule has 0 fully saturated rings. The number of pyridine rings is 1. The molecule has 0 unspecified atom stereocenters.